The van der Waals surface area contributed by atoms with Crippen LogP contribution in [0.15, 0.2) is 18.2 Å². The van der Waals surface area contributed by atoms with Crippen LogP contribution in [0, 0.1) is 19.7 Å². The lowest BCUT2D eigenvalue weighted by atomic mass is 10.1. The summed E-state index contributed by atoms with van der Waals surface area (Å²) in [4.78, 5) is 17.4. The van der Waals surface area contributed by atoms with Crippen LogP contribution in [0.25, 0.3) is 11.3 Å². The molecule has 0 bridgehead atoms. The van der Waals surface area contributed by atoms with Gasteiger partial charge in [-0.1, -0.05) is 0 Å². The number of hydrogen-bond donors (Lipinski definition) is 2. The van der Waals surface area contributed by atoms with Gasteiger partial charge in [0.25, 0.3) is 0 Å². The number of carboxylic acids is 1. The molecule has 0 fully saturated rings. The number of carboxylic acid groups (broad SMARTS) is 1. The lowest BCUT2D eigenvalue weighted by molar-refractivity contribution is 0.0684. The van der Waals surface area contributed by atoms with Crippen LogP contribution < -0.4 is 0 Å². The third-order valence-electron chi connectivity index (χ3n) is 2.52. The minimum absolute atomic E-state index is 0.112. The summed E-state index contributed by atoms with van der Waals surface area (Å²) < 4.78 is 13.1. The van der Waals surface area contributed by atoms with Crippen molar-refractivity contribution in [3.63, 3.8) is 0 Å². The fourth-order valence-electron chi connectivity index (χ4n) is 1.63. The Balaban J connectivity index is 2.52. The van der Waals surface area contributed by atoms with Gasteiger partial charge in [0.2, 0.25) is 5.82 Å². The van der Waals surface area contributed by atoms with Crippen LogP contribution in [0.3, 0.4) is 0 Å². The van der Waals surface area contributed by atoms with Crippen molar-refractivity contribution in [2.75, 3.05) is 0 Å². The molecule has 1 heterocycles. The number of benzene rings is 1. The highest BCUT2D eigenvalue weighted by Gasteiger charge is 2.14. The van der Waals surface area contributed by atoms with Crippen LogP contribution in [0.5, 0.6) is 0 Å². The van der Waals surface area contributed by atoms with Crippen molar-refractivity contribution in [1.29, 1.82) is 0 Å². The van der Waals surface area contributed by atoms with Gasteiger partial charge >= 0.3 is 5.97 Å². The molecule has 0 saturated carbocycles. The molecule has 1 aromatic heterocycles. The van der Waals surface area contributed by atoms with Crippen LogP contribution >= 0.6 is 0 Å². The van der Waals surface area contributed by atoms with Crippen molar-refractivity contribution in [3.05, 3.63) is 41.1 Å². The largest absolute Gasteiger partial charge is 0.475 e. The summed E-state index contributed by atoms with van der Waals surface area (Å²) in [5.41, 5.74) is 2.38. The maximum Gasteiger partial charge on any atom is 0.371 e. The van der Waals surface area contributed by atoms with Crippen LogP contribution in [0.1, 0.15) is 21.9 Å². The quantitative estimate of drug-likeness (QED) is 0.839. The van der Waals surface area contributed by atoms with Gasteiger partial charge in [-0.3, -0.25) is 0 Å². The van der Waals surface area contributed by atoms with Crippen molar-refractivity contribution in [1.82, 2.24) is 9.97 Å². The number of aromatic nitrogens is 2. The summed E-state index contributed by atoms with van der Waals surface area (Å²) in [6, 6.07) is 4.57. The standard InChI is InChI=1S/C12H11FN2O2/c1-6-5-8(3-4-9(6)13)10-7(2)14-11(15-10)12(16)17/h3-5H,1-2H3,(H,14,15)(H,16,17). The van der Waals surface area contributed by atoms with Crippen molar-refractivity contribution >= 4 is 5.97 Å². The molecule has 0 aliphatic rings. The average Bonchev–Trinajstić information content (AvgIpc) is 2.65. The van der Waals surface area contributed by atoms with Crippen molar-refractivity contribution in [2.45, 2.75) is 13.8 Å². The molecule has 0 radical (unpaired) electrons. The number of nitrogens with one attached hydrogen (secondary N) is 1. The van der Waals surface area contributed by atoms with E-state index in [4.69, 9.17) is 5.11 Å². The van der Waals surface area contributed by atoms with Crippen LogP contribution in [0.2, 0.25) is 0 Å². The number of nitrogens with zero attached hydrogens (tertiary/aromatic N) is 1. The molecule has 17 heavy (non-hydrogen) atoms. The summed E-state index contributed by atoms with van der Waals surface area (Å²) in [5.74, 6) is -1.52. The van der Waals surface area contributed by atoms with E-state index in [1.54, 1.807) is 26.0 Å². The topological polar surface area (TPSA) is 66.0 Å². The number of hydrogen-bond acceptors (Lipinski definition) is 2. The van der Waals surface area contributed by atoms with Crippen molar-refractivity contribution in [2.24, 2.45) is 0 Å². The van der Waals surface area contributed by atoms with E-state index in [0.717, 1.165) is 0 Å². The summed E-state index contributed by atoms with van der Waals surface area (Å²) in [7, 11) is 0. The molecule has 4 nitrogen and oxygen atoms in total. The normalized spacial score (nSPS) is 10.5. The number of carbonyl (C=O) groups is 1. The maximum absolute atomic E-state index is 13.1. The highest BCUT2D eigenvalue weighted by molar-refractivity contribution is 5.84. The Kier molecular flexibility index (Phi) is 2.67. The van der Waals surface area contributed by atoms with Crippen LogP contribution in [0.4, 0.5) is 4.39 Å². The highest BCUT2D eigenvalue weighted by Crippen LogP contribution is 2.23. The SMILES string of the molecule is Cc1cc(-c2nc(C(=O)O)[nH]c2C)ccc1F. The summed E-state index contributed by atoms with van der Waals surface area (Å²) in [5, 5.41) is 8.81. The van der Waals surface area contributed by atoms with Crippen molar-refractivity contribution in [3.8, 4) is 11.3 Å². The van der Waals surface area contributed by atoms with Crippen molar-refractivity contribution < 1.29 is 14.3 Å². The van der Waals surface area contributed by atoms with E-state index in [2.05, 4.69) is 9.97 Å². The molecule has 0 saturated heterocycles. The third kappa shape index (κ3) is 2.04. The molecular formula is C12H11FN2O2. The Morgan fingerprint density at radius 2 is 2.12 bits per heavy atom. The van der Waals surface area contributed by atoms with Gasteiger partial charge in [0, 0.05) is 11.3 Å². The van der Waals surface area contributed by atoms with E-state index in [-0.39, 0.29) is 11.6 Å². The zero-order chi connectivity index (χ0) is 12.6. The molecule has 0 aliphatic carbocycles. The van der Waals surface area contributed by atoms with Gasteiger partial charge < -0.3 is 10.1 Å². The van der Waals surface area contributed by atoms with E-state index < -0.39 is 5.97 Å². The number of aromatic amines is 1. The van der Waals surface area contributed by atoms with Gasteiger partial charge in [-0.25, -0.2) is 14.2 Å². The third-order valence-corrected chi connectivity index (χ3v) is 2.52. The van der Waals surface area contributed by atoms with Gasteiger partial charge in [-0.15, -0.1) is 0 Å². The van der Waals surface area contributed by atoms with E-state index in [9.17, 15) is 9.18 Å². The van der Waals surface area contributed by atoms with E-state index in [1.165, 1.54) is 6.07 Å². The summed E-state index contributed by atoms with van der Waals surface area (Å²) in [6.07, 6.45) is 0. The second kappa shape index (κ2) is 4.01. The Bertz CT molecular complexity index is 590. The van der Waals surface area contributed by atoms with E-state index in [1.807, 2.05) is 0 Å². The predicted octanol–water partition coefficient (Wildman–Crippen LogP) is 2.53. The first kappa shape index (κ1) is 11.3. The van der Waals surface area contributed by atoms with Gasteiger partial charge in [0.15, 0.2) is 0 Å². The lowest BCUT2D eigenvalue weighted by Gasteiger charge is -2.01. The highest BCUT2D eigenvalue weighted by atomic mass is 19.1. The first-order valence-corrected chi connectivity index (χ1v) is 5.05. The Labute approximate surface area is 97.1 Å². The molecule has 5 heteroatoms. The monoisotopic (exact) mass is 234 g/mol. The number of aromatic carboxylic acids is 1. The lowest BCUT2D eigenvalue weighted by Crippen LogP contribution is -1.98. The molecule has 88 valence electrons. The van der Waals surface area contributed by atoms with Crippen LogP contribution in [-0.4, -0.2) is 21.0 Å². The van der Waals surface area contributed by atoms with Gasteiger partial charge in [-0.05, 0) is 37.6 Å². The van der Waals surface area contributed by atoms with E-state index in [0.29, 0.717) is 22.5 Å². The Hall–Kier alpha value is -2.17. The molecule has 0 amide bonds. The smallest absolute Gasteiger partial charge is 0.371 e. The number of aryl methyl sites for hydroxylation is 2. The maximum atomic E-state index is 13.1. The molecule has 2 rings (SSSR count). The molecule has 0 spiro atoms. The predicted molar refractivity (Wildman–Crippen MR) is 60.4 cm³/mol. The first-order valence-electron chi connectivity index (χ1n) is 5.05. The molecule has 2 aromatic rings. The average molecular weight is 234 g/mol. The van der Waals surface area contributed by atoms with E-state index >= 15 is 0 Å². The zero-order valence-corrected chi connectivity index (χ0v) is 9.41. The number of imidazole rings is 1. The first-order chi connectivity index (χ1) is 7.99. The fourth-order valence-corrected chi connectivity index (χ4v) is 1.63. The minimum Gasteiger partial charge on any atom is -0.475 e. The molecule has 2 N–H and O–H groups in total. The van der Waals surface area contributed by atoms with Gasteiger partial charge in [0.1, 0.15) is 5.82 Å². The number of halogens is 1. The molecule has 1 aromatic carbocycles. The Morgan fingerprint density at radius 1 is 1.41 bits per heavy atom. The van der Waals surface area contributed by atoms with Gasteiger partial charge in [0.05, 0.1) is 5.69 Å². The summed E-state index contributed by atoms with van der Waals surface area (Å²) >= 11 is 0. The summed E-state index contributed by atoms with van der Waals surface area (Å²) in [6.45, 7) is 3.38. The second-order valence-electron chi connectivity index (χ2n) is 3.83. The zero-order valence-electron chi connectivity index (χ0n) is 9.41. The molecule has 0 unspecified atom stereocenters. The van der Waals surface area contributed by atoms with Gasteiger partial charge in [-0.2, -0.15) is 0 Å². The molecule has 0 atom stereocenters. The number of rotatable bonds is 2. The number of H-pyrrole nitrogens is 1. The Morgan fingerprint density at radius 3 is 2.65 bits per heavy atom. The minimum atomic E-state index is -1.11. The van der Waals surface area contributed by atoms with Crippen LogP contribution in [-0.2, 0) is 0 Å². The fraction of sp³-hybridized carbons (Fsp3) is 0.167. The molecular weight excluding hydrogens is 223 g/mol. The molecule has 0 aliphatic heterocycles. The second-order valence-corrected chi connectivity index (χ2v) is 3.83.